The first-order valence-corrected chi connectivity index (χ1v) is 5.54. The smallest absolute Gasteiger partial charge is 0.160 e. The fourth-order valence-corrected chi connectivity index (χ4v) is 1.35. The quantitative estimate of drug-likeness (QED) is 0.473. The number of rotatable bonds is 6. The van der Waals surface area contributed by atoms with E-state index in [1.807, 2.05) is 25.2 Å². The minimum Gasteiger partial charge on any atom is -0.295 e. The van der Waals surface area contributed by atoms with Crippen LogP contribution >= 0.6 is 0 Å². The van der Waals surface area contributed by atoms with Gasteiger partial charge in [0, 0.05) is 5.57 Å². The van der Waals surface area contributed by atoms with Crippen molar-refractivity contribution in [2.24, 2.45) is 5.92 Å². The monoisotopic (exact) mass is 206 g/mol. The molecule has 0 radical (unpaired) electrons. The molecule has 84 valence electrons. The topological polar surface area (TPSA) is 17.1 Å². The number of carbonyl (C=O) groups excluding carboxylic acids is 1. The summed E-state index contributed by atoms with van der Waals surface area (Å²) >= 11 is 0. The van der Waals surface area contributed by atoms with Crippen molar-refractivity contribution < 1.29 is 4.79 Å². The molecule has 0 amide bonds. The minimum atomic E-state index is 0.0985. The second kappa shape index (κ2) is 7.22. The number of ketones is 1. The van der Waals surface area contributed by atoms with E-state index in [9.17, 15) is 4.79 Å². The highest BCUT2D eigenvalue weighted by Gasteiger charge is 2.10. The third-order valence-corrected chi connectivity index (χ3v) is 2.51. The number of Topliss-reactive ketones (excluding diaryl/α,β-unsaturated/α-hetero) is 1. The highest BCUT2D eigenvalue weighted by Crippen LogP contribution is 2.20. The molecule has 1 nitrogen and oxygen atoms in total. The SMILES string of the molecule is C=C(C[C@H](C)CC)/C(=C\C=C/C)C(C)=O. The molecule has 0 heterocycles. The van der Waals surface area contributed by atoms with Crippen LogP contribution in [0.5, 0.6) is 0 Å². The molecule has 0 fully saturated rings. The van der Waals surface area contributed by atoms with Crippen molar-refractivity contribution in [3.63, 3.8) is 0 Å². The predicted molar refractivity (Wildman–Crippen MR) is 66.8 cm³/mol. The molecule has 0 bridgehead atoms. The van der Waals surface area contributed by atoms with Crippen molar-refractivity contribution in [1.82, 2.24) is 0 Å². The van der Waals surface area contributed by atoms with Crippen molar-refractivity contribution in [2.75, 3.05) is 0 Å². The zero-order valence-electron chi connectivity index (χ0n) is 10.3. The van der Waals surface area contributed by atoms with Crippen LogP contribution in [0.1, 0.15) is 40.5 Å². The van der Waals surface area contributed by atoms with Crippen LogP contribution in [0.15, 0.2) is 36.0 Å². The standard InChI is InChI=1S/C14H22O/c1-6-8-9-14(13(5)15)12(4)10-11(3)7-2/h6,8-9,11H,4,7,10H2,1-3,5H3/b8-6-,14-9+/t11-/m1/s1. The van der Waals surface area contributed by atoms with Gasteiger partial charge in [-0.2, -0.15) is 0 Å². The molecule has 0 aliphatic rings. The molecule has 0 aliphatic carbocycles. The Hall–Kier alpha value is -1.11. The maximum absolute atomic E-state index is 11.4. The molecule has 15 heavy (non-hydrogen) atoms. The lowest BCUT2D eigenvalue weighted by atomic mass is 9.93. The first kappa shape index (κ1) is 13.9. The van der Waals surface area contributed by atoms with E-state index in [1.165, 1.54) is 0 Å². The average molecular weight is 206 g/mol. The van der Waals surface area contributed by atoms with Crippen LogP contribution in [0.3, 0.4) is 0 Å². The number of hydrogen-bond donors (Lipinski definition) is 0. The Labute approximate surface area is 93.6 Å². The van der Waals surface area contributed by atoms with E-state index >= 15 is 0 Å². The van der Waals surface area contributed by atoms with Gasteiger partial charge in [0.05, 0.1) is 0 Å². The van der Waals surface area contributed by atoms with Gasteiger partial charge in [-0.15, -0.1) is 0 Å². The van der Waals surface area contributed by atoms with E-state index in [2.05, 4.69) is 20.4 Å². The molecule has 1 heteroatoms. The normalized spacial score (nSPS) is 14.3. The highest BCUT2D eigenvalue weighted by molar-refractivity contribution is 5.97. The molecule has 0 N–H and O–H groups in total. The molecule has 0 aromatic carbocycles. The Bertz CT molecular complexity index is 282. The van der Waals surface area contributed by atoms with E-state index in [0.29, 0.717) is 5.92 Å². The van der Waals surface area contributed by atoms with Gasteiger partial charge in [0.2, 0.25) is 0 Å². The van der Waals surface area contributed by atoms with Crippen LogP contribution < -0.4 is 0 Å². The van der Waals surface area contributed by atoms with Crippen molar-refractivity contribution >= 4 is 5.78 Å². The van der Waals surface area contributed by atoms with E-state index in [-0.39, 0.29) is 5.78 Å². The summed E-state index contributed by atoms with van der Waals surface area (Å²) in [5, 5.41) is 0. The fourth-order valence-electron chi connectivity index (χ4n) is 1.35. The molecule has 1 atom stereocenters. The van der Waals surface area contributed by atoms with Crippen LogP contribution in [0, 0.1) is 5.92 Å². The molecule has 0 unspecified atom stereocenters. The average Bonchev–Trinajstić information content (AvgIpc) is 2.17. The molecule has 0 aromatic rings. The Morgan fingerprint density at radius 1 is 1.47 bits per heavy atom. The molecule has 0 saturated carbocycles. The molecule has 0 aliphatic heterocycles. The minimum absolute atomic E-state index is 0.0985. The molecule has 0 spiro atoms. The first-order valence-electron chi connectivity index (χ1n) is 5.54. The maximum atomic E-state index is 11.4. The third kappa shape index (κ3) is 5.36. The number of carbonyl (C=O) groups is 1. The first-order chi connectivity index (χ1) is 7.02. The van der Waals surface area contributed by atoms with Crippen LogP contribution in [0.25, 0.3) is 0 Å². The van der Waals surface area contributed by atoms with Crippen LogP contribution in [-0.4, -0.2) is 5.78 Å². The second-order valence-electron chi connectivity index (χ2n) is 3.98. The summed E-state index contributed by atoms with van der Waals surface area (Å²) in [4.78, 5) is 11.4. The van der Waals surface area contributed by atoms with Gasteiger partial charge in [0.25, 0.3) is 0 Å². The van der Waals surface area contributed by atoms with Gasteiger partial charge in [-0.3, -0.25) is 4.79 Å². The Morgan fingerprint density at radius 2 is 2.07 bits per heavy atom. The predicted octanol–water partition coefficient (Wildman–Crippen LogP) is 4.07. The van der Waals surface area contributed by atoms with Crippen LogP contribution in [-0.2, 0) is 4.79 Å². The van der Waals surface area contributed by atoms with Crippen LogP contribution in [0.4, 0.5) is 0 Å². The van der Waals surface area contributed by atoms with Gasteiger partial charge in [-0.05, 0) is 31.8 Å². The summed E-state index contributed by atoms with van der Waals surface area (Å²) in [5.74, 6) is 0.687. The van der Waals surface area contributed by atoms with E-state index in [0.717, 1.165) is 24.0 Å². The summed E-state index contributed by atoms with van der Waals surface area (Å²) in [6.45, 7) is 11.9. The molecule has 0 aromatic heterocycles. The van der Waals surface area contributed by atoms with Crippen molar-refractivity contribution in [1.29, 1.82) is 0 Å². The lowest BCUT2D eigenvalue weighted by molar-refractivity contribution is -0.113. The Kier molecular flexibility index (Phi) is 6.68. The lowest BCUT2D eigenvalue weighted by Gasteiger charge is -2.12. The van der Waals surface area contributed by atoms with Crippen LogP contribution in [0.2, 0.25) is 0 Å². The molecular formula is C14H22O. The molecular weight excluding hydrogens is 184 g/mol. The zero-order chi connectivity index (χ0) is 11.8. The summed E-state index contributed by atoms with van der Waals surface area (Å²) < 4.78 is 0. The Balaban J connectivity index is 4.65. The lowest BCUT2D eigenvalue weighted by Crippen LogP contribution is -2.03. The van der Waals surface area contributed by atoms with Gasteiger partial charge < -0.3 is 0 Å². The third-order valence-electron chi connectivity index (χ3n) is 2.51. The van der Waals surface area contributed by atoms with Crippen molar-refractivity contribution in [3.8, 4) is 0 Å². The largest absolute Gasteiger partial charge is 0.295 e. The van der Waals surface area contributed by atoms with Gasteiger partial charge in [-0.25, -0.2) is 0 Å². The van der Waals surface area contributed by atoms with Gasteiger partial charge in [-0.1, -0.05) is 45.1 Å². The van der Waals surface area contributed by atoms with Gasteiger partial charge >= 0.3 is 0 Å². The second-order valence-corrected chi connectivity index (χ2v) is 3.98. The van der Waals surface area contributed by atoms with Crippen molar-refractivity contribution in [2.45, 2.75) is 40.5 Å². The maximum Gasteiger partial charge on any atom is 0.160 e. The van der Waals surface area contributed by atoms with Gasteiger partial charge in [0.1, 0.15) is 0 Å². The number of allylic oxidation sites excluding steroid dienone is 5. The Morgan fingerprint density at radius 3 is 2.47 bits per heavy atom. The van der Waals surface area contributed by atoms with E-state index in [4.69, 9.17) is 0 Å². The summed E-state index contributed by atoms with van der Waals surface area (Å²) in [7, 11) is 0. The zero-order valence-corrected chi connectivity index (χ0v) is 10.3. The van der Waals surface area contributed by atoms with E-state index in [1.54, 1.807) is 6.92 Å². The fraction of sp³-hybridized carbons (Fsp3) is 0.500. The summed E-state index contributed by atoms with van der Waals surface area (Å²) in [5.41, 5.74) is 1.71. The molecule has 0 rings (SSSR count). The summed E-state index contributed by atoms with van der Waals surface area (Å²) in [6, 6.07) is 0. The van der Waals surface area contributed by atoms with E-state index < -0.39 is 0 Å². The van der Waals surface area contributed by atoms with Gasteiger partial charge in [0.15, 0.2) is 5.78 Å². The highest BCUT2D eigenvalue weighted by atomic mass is 16.1. The molecule has 0 saturated heterocycles. The summed E-state index contributed by atoms with van der Waals surface area (Å²) in [6.07, 6.45) is 7.68. The van der Waals surface area contributed by atoms with Crippen molar-refractivity contribution in [3.05, 3.63) is 36.0 Å². The number of hydrogen-bond acceptors (Lipinski definition) is 1.